The van der Waals surface area contributed by atoms with E-state index in [0.717, 1.165) is 47.6 Å². The Kier molecular flexibility index (Phi) is 6.34. The SMILES string of the molecule is CC(C)n1ncc(C(=O)Nc2cccc(CN3CCSCC3)c2)c1C(F)(F)F. The first kappa shape index (κ1) is 20.7. The molecule has 9 heteroatoms. The van der Waals surface area contributed by atoms with Crippen molar-refractivity contribution in [2.45, 2.75) is 32.6 Å². The van der Waals surface area contributed by atoms with E-state index in [1.165, 1.54) is 0 Å². The molecule has 0 spiro atoms. The Balaban J connectivity index is 1.77. The van der Waals surface area contributed by atoms with Gasteiger partial charge >= 0.3 is 6.18 Å². The van der Waals surface area contributed by atoms with Gasteiger partial charge in [0.25, 0.3) is 5.91 Å². The van der Waals surface area contributed by atoms with Gasteiger partial charge in [-0.15, -0.1) is 0 Å². The molecule has 0 saturated carbocycles. The number of hydrogen-bond donors (Lipinski definition) is 1. The third-order valence-corrected chi connectivity index (χ3v) is 5.43. The number of carbonyl (C=O) groups excluding carboxylic acids is 1. The van der Waals surface area contributed by atoms with Gasteiger partial charge in [0.2, 0.25) is 0 Å². The molecule has 0 radical (unpaired) electrons. The molecule has 2 heterocycles. The molecule has 1 amide bonds. The Labute approximate surface area is 166 Å². The summed E-state index contributed by atoms with van der Waals surface area (Å²) in [5.41, 5.74) is -0.0143. The summed E-state index contributed by atoms with van der Waals surface area (Å²) in [6, 6.07) is 6.72. The van der Waals surface area contributed by atoms with Crippen molar-refractivity contribution in [2.24, 2.45) is 0 Å². The fourth-order valence-electron chi connectivity index (χ4n) is 3.17. The zero-order valence-electron chi connectivity index (χ0n) is 15.8. The van der Waals surface area contributed by atoms with Gasteiger partial charge in [0.1, 0.15) is 0 Å². The van der Waals surface area contributed by atoms with Crippen molar-refractivity contribution < 1.29 is 18.0 Å². The molecule has 0 bridgehead atoms. The number of anilines is 1. The Morgan fingerprint density at radius 2 is 2.00 bits per heavy atom. The second-order valence-electron chi connectivity index (χ2n) is 6.99. The van der Waals surface area contributed by atoms with E-state index >= 15 is 0 Å². The van der Waals surface area contributed by atoms with Crippen molar-refractivity contribution >= 4 is 23.4 Å². The lowest BCUT2D eigenvalue weighted by Crippen LogP contribution is -2.31. The van der Waals surface area contributed by atoms with E-state index in [1.807, 2.05) is 17.8 Å². The summed E-state index contributed by atoms with van der Waals surface area (Å²) in [5, 5.41) is 6.35. The molecule has 3 rings (SSSR count). The fourth-order valence-corrected chi connectivity index (χ4v) is 4.14. The average Bonchev–Trinajstić information content (AvgIpc) is 3.09. The highest BCUT2D eigenvalue weighted by Gasteiger charge is 2.40. The Hall–Kier alpha value is -2.00. The van der Waals surface area contributed by atoms with Crippen LogP contribution in [0, 0.1) is 0 Å². The molecule has 1 aliphatic rings. The minimum atomic E-state index is -4.67. The first-order chi connectivity index (χ1) is 13.3. The molecule has 0 aliphatic carbocycles. The Bertz CT molecular complexity index is 829. The number of nitrogens with one attached hydrogen (secondary N) is 1. The molecule has 1 saturated heterocycles. The molecule has 1 N–H and O–H groups in total. The lowest BCUT2D eigenvalue weighted by molar-refractivity contribution is -0.145. The first-order valence-electron chi connectivity index (χ1n) is 9.11. The highest BCUT2D eigenvalue weighted by molar-refractivity contribution is 7.99. The normalized spacial score (nSPS) is 15.8. The van der Waals surface area contributed by atoms with Crippen molar-refractivity contribution in [3.05, 3.63) is 47.3 Å². The third-order valence-electron chi connectivity index (χ3n) is 4.49. The number of benzene rings is 1. The van der Waals surface area contributed by atoms with Crippen LogP contribution >= 0.6 is 11.8 Å². The number of nitrogens with zero attached hydrogens (tertiary/aromatic N) is 3. The number of alkyl halides is 3. The van der Waals surface area contributed by atoms with Crippen LogP contribution in [0.1, 0.15) is 41.5 Å². The molecule has 1 aromatic heterocycles. The summed E-state index contributed by atoms with van der Waals surface area (Å²) >= 11 is 1.93. The summed E-state index contributed by atoms with van der Waals surface area (Å²) in [6.45, 7) is 5.94. The molecular formula is C19H23F3N4OS. The predicted octanol–water partition coefficient (Wildman–Crippen LogP) is 4.28. The number of amides is 1. The molecule has 1 fully saturated rings. The standard InChI is InChI=1S/C19H23F3N4OS/c1-13(2)26-17(19(20,21)22)16(11-23-26)18(27)24-15-5-3-4-14(10-15)12-25-6-8-28-9-7-25/h3-5,10-11,13H,6-9,12H2,1-2H3,(H,24,27). The van der Waals surface area contributed by atoms with Crippen molar-refractivity contribution in [1.82, 2.24) is 14.7 Å². The van der Waals surface area contributed by atoms with Gasteiger partial charge in [0, 0.05) is 42.9 Å². The number of halogens is 3. The van der Waals surface area contributed by atoms with E-state index in [9.17, 15) is 18.0 Å². The highest BCUT2D eigenvalue weighted by Crippen LogP contribution is 2.34. The van der Waals surface area contributed by atoms with Crippen molar-refractivity contribution in [3.8, 4) is 0 Å². The topological polar surface area (TPSA) is 50.2 Å². The second-order valence-corrected chi connectivity index (χ2v) is 8.21. The van der Waals surface area contributed by atoms with Gasteiger partial charge in [-0.2, -0.15) is 30.0 Å². The van der Waals surface area contributed by atoms with Crippen LogP contribution in [0.4, 0.5) is 18.9 Å². The van der Waals surface area contributed by atoms with E-state index in [-0.39, 0.29) is 0 Å². The molecule has 0 atom stereocenters. The van der Waals surface area contributed by atoms with Gasteiger partial charge in [-0.25, -0.2) is 0 Å². The minimum absolute atomic E-state index is 0.472. The summed E-state index contributed by atoms with van der Waals surface area (Å²) in [5.74, 6) is 1.37. The molecule has 28 heavy (non-hydrogen) atoms. The van der Waals surface area contributed by atoms with Gasteiger partial charge in [0.15, 0.2) is 5.69 Å². The number of aromatic nitrogens is 2. The van der Waals surface area contributed by atoms with Crippen LogP contribution in [0.15, 0.2) is 30.5 Å². The largest absolute Gasteiger partial charge is 0.433 e. The lowest BCUT2D eigenvalue weighted by Gasteiger charge is -2.26. The summed E-state index contributed by atoms with van der Waals surface area (Å²) in [7, 11) is 0. The van der Waals surface area contributed by atoms with E-state index in [2.05, 4.69) is 15.3 Å². The van der Waals surface area contributed by atoms with E-state index < -0.39 is 29.4 Å². The molecule has 0 unspecified atom stereocenters. The summed E-state index contributed by atoms with van der Waals surface area (Å²) in [4.78, 5) is 14.9. The van der Waals surface area contributed by atoms with E-state index in [1.54, 1.807) is 32.0 Å². The highest BCUT2D eigenvalue weighted by atomic mass is 32.2. The summed E-state index contributed by atoms with van der Waals surface area (Å²) < 4.78 is 41.3. The molecule has 1 aliphatic heterocycles. The first-order valence-corrected chi connectivity index (χ1v) is 10.3. The van der Waals surface area contributed by atoms with Crippen molar-refractivity contribution in [1.29, 1.82) is 0 Å². The fraction of sp³-hybridized carbons (Fsp3) is 0.474. The van der Waals surface area contributed by atoms with Gasteiger partial charge < -0.3 is 5.32 Å². The number of thioether (sulfide) groups is 1. The lowest BCUT2D eigenvalue weighted by atomic mass is 10.1. The smallest absolute Gasteiger partial charge is 0.322 e. The minimum Gasteiger partial charge on any atom is -0.322 e. The van der Waals surface area contributed by atoms with Crippen molar-refractivity contribution in [3.63, 3.8) is 0 Å². The quantitative estimate of drug-likeness (QED) is 0.796. The molecule has 5 nitrogen and oxygen atoms in total. The average molecular weight is 412 g/mol. The van der Waals surface area contributed by atoms with E-state index in [4.69, 9.17) is 0 Å². The second kappa shape index (κ2) is 8.57. The number of hydrogen-bond acceptors (Lipinski definition) is 4. The van der Waals surface area contributed by atoms with E-state index in [0.29, 0.717) is 5.69 Å². The number of carbonyl (C=O) groups is 1. The predicted molar refractivity (Wildman–Crippen MR) is 105 cm³/mol. The van der Waals surface area contributed by atoms with Crippen LogP contribution in [-0.2, 0) is 12.7 Å². The van der Waals surface area contributed by atoms with Crippen LogP contribution < -0.4 is 5.32 Å². The molecule has 1 aromatic carbocycles. The van der Waals surface area contributed by atoms with Gasteiger partial charge in [-0.1, -0.05) is 12.1 Å². The molecule has 2 aromatic rings. The zero-order valence-corrected chi connectivity index (χ0v) is 16.6. The van der Waals surface area contributed by atoms with Gasteiger partial charge in [-0.05, 0) is 31.5 Å². The monoisotopic (exact) mass is 412 g/mol. The maximum absolute atomic E-state index is 13.5. The van der Waals surface area contributed by atoms with Crippen LogP contribution in [0.5, 0.6) is 0 Å². The van der Waals surface area contributed by atoms with Crippen LogP contribution in [-0.4, -0.2) is 45.2 Å². The van der Waals surface area contributed by atoms with Crippen LogP contribution in [0.3, 0.4) is 0 Å². The maximum atomic E-state index is 13.5. The van der Waals surface area contributed by atoms with Gasteiger partial charge in [-0.3, -0.25) is 14.4 Å². The Morgan fingerprint density at radius 1 is 1.29 bits per heavy atom. The van der Waals surface area contributed by atoms with Crippen LogP contribution in [0.2, 0.25) is 0 Å². The Morgan fingerprint density at radius 3 is 2.64 bits per heavy atom. The zero-order chi connectivity index (χ0) is 20.3. The van der Waals surface area contributed by atoms with Gasteiger partial charge in [0.05, 0.1) is 11.8 Å². The maximum Gasteiger partial charge on any atom is 0.433 e. The van der Waals surface area contributed by atoms with Crippen molar-refractivity contribution in [2.75, 3.05) is 29.9 Å². The third kappa shape index (κ3) is 4.88. The summed E-state index contributed by atoms with van der Waals surface area (Å²) in [6.07, 6.45) is -3.69. The number of rotatable bonds is 5. The van der Waals surface area contributed by atoms with Crippen LogP contribution in [0.25, 0.3) is 0 Å². The molecule has 152 valence electrons. The molecular weight excluding hydrogens is 389 g/mol.